The Morgan fingerprint density at radius 1 is 0.962 bits per heavy atom. The average Bonchev–Trinajstić information content (AvgIpc) is 3.03. The van der Waals surface area contributed by atoms with Crippen molar-refractivity contribution in [1.29, 1.82) is 0 Å². The van der Waals surface area contributed by atoms with Crippen molar-refractivity contribution in [1.82, 2.24) is 9.88 Å². The number of hydrogen-bond donors (Lipinski definition) is 1. The fourth-order valence-electron chi connectivity index (χ4n) is 3.98. The van der Waals surface area contributed by atoms with E-state index in [2.05, 4.69) is 39.0 Å². The number of aromatic nitrogens is 1. The van der Waals surface area contributed by atoms with Crippen LogP contribution in [0.3, 0.4) is 0 Å². The predicted octanol–water partition coefficient (Wildman–Crippen LogP) is 3.87. The highest BCUT2D eigenvalue weighted by Crippen LogP contribution is 2.25. The van der Waals surface area contributed by atoms with E-state index >= 15 is 0 Å². The first-order chi connectivity index (χ1) is 12.6. The molecule has 3 aromatic rings. The van der Waals surface area contributed by atoms with Crippen molar-refractivity contribution in [2.24, 2.45) is 0 Å². The number of anilines is 1. The van der Waals surface area contributed by atoms with Crippen molar-refractivity contribution in [3.63, 3.8) is 0 Å². The van der Waals surface area contributed by atoms with Crippen molar-refractivity contribution in [2.75, 3.05) is 31.1 Å². The molecule has 2 heterocycles. The second-order valence-corrected chi connectivity index (χ2v) is 7.07. The van der Waals surface area contributed by atoms with Crippen LogP contribution in [-0.4, -0.2) is 47.9 Å². The van der Waals surface area contributed by atoms with Gasteiger partial charge in [-0.15, -0.1) is 0 Å². The summed E-state index contributed by atoms with van der Waals surface area (Å²) in [6, 6.07) is 18.5. The van der Waals surface area contributed by atoms with Crippen LogP contribution in [0, 0.1) is 6.92 Å². The molecule has 1 unspecified atom stereocenters. The fourth-order valence-corrected chi connectivity index (χ4v) is 3.98. The molecule has 1 N–H and O–H groups in total. The molecule has 0 bridgehead atoms. The Morgan fingerprint density at radius 2 is 1.62 bits per heavy atom. The summed E-state index contributed by atoms with van der Waals surface area (Å²) in [7, 11) is 0. The number of fused-ring (bicyclic) bond motifs is 1. The van der Waals surface area contributed by atoms with Gasteiger partial charge in [0.1, 0.15) is 0 Å². The number of para-hydroxylation sites is 2. The van der Waals surface area contributed by atoms with Gasteiger partial charge in [-0.25, -0.2) is 0 Å². The lowest BCUT2D eigenvalue weighted by molar-refractivity contribution is 0.0831. The molecule has 1 atom stereocenters. The van der Waals surface area contributed by atoms with E-state index in [1.54, 1.807) is 0 Å². The van der Waals surface area contributed by atoms with Gasteiger partial charge in [0.05, 0.1) is 6.04 Å². The molecule has 26 heavy (non-hydrogen) atoms. The van der Waals surface area contributed by atoms with Crippen LogP contribution in [0.25, 0.3) is 10.9 Å². The van der Waals surface area contributed by atoms with Gasteiger partial charge in [0, 0.05) is 54.0 Å². The minimum atomic E-state index is -0.106. The zero-order valence-electron chi connectivity index (χ0n) is 15.4. The van der Waals surface area contributed by atoms with Gasteiger partial charge in [0.2, 0.25) is 0 Å². The van der Waals surface area contributed by atoms with Crippen LogP contribution in [0.2, 0.25) is 0 Å². The lowest BCUT2D eigenvalue weighted by Gasteiger charge is -2.38. The highest BCUT2D eigenvalue weighted by molar-refractivity contribution is 6.11. The van der Waals surface area contributed by atoms with E-state index in [1.165, 1.54) is 5.69 Å². The molecular weight excluding hydrogens is 322 g/mol. The summed E-state index contributed by atoms with van der Waals surface area (Å²) < 4.78 is 0. The molecule has 0 spiro atoms. The standard InChI is InChI=1S/C22H25N3O/c1-16-21(19-10-6-7-11-20(19)23-16)22(26)17(2)24-12-14-25(15-13-24)18-8-4-3-5-9-18/h3-11,17,23H,12-15H2,1-2H3. The molecule has 2 aromatic carbocycles. The molecule has 4 nitrogen and oxygen atoms in total. The number of H-pyrrole nitrogens is 1. The third-order valence-electron chi connectivity index (χ3n) is 5.50. The summed E-state index contributed by atoms with van der Waals surface area (Å²) in [5, 5.41) is 1.03. The van der Waals surface area contributed by atoms with Gasteiger partial charge in [0.25, 0.3) is 0 Å². The Hall–Kier alpha value is -2.59. The summed E-state index contributed by atoms with van der Waals surface area (Å²) in [5.41, 5.74) is 4.11. The lowest BCUT2D eigenvalue weighted by atomic mass is 10.0. The number of carbonyl (C=O) groups is 1. The van der Waals surface area contributed by atoms with Gasteiger partial charge in [-0.05, 0) is 32.0 Å². The number of hydrogen-bond acceptors (Lipinski definition) is 3. The largest absolute Gasteiger partial charge is 0.369 e. The smallest absolute Gasteiger partial charge is 0.182 e. The molecule has 1 fully saturated rings. The van der Waals surface area contributed by atoms with E-state index in [-0.39, 0.29) is 11.8 Å². The quantitative estimate of drug-likeness (QED) is 0.728. The minimum absolute atomic E-state index is 0.106. The van der Waals surface area contributed by atoms with E-state index < -0.39 is 0 Å². The van der Waals surface area contributed by atoms with Gasteiger partial charge in [0.15, 0.2) is 5.78 Å². The Labute approximate surface area is 154 Å². The topological polar surface area (TPSA) is 39.3 Å². The summed E-state index contributed by atoms with van der Waals surface area (Å²) in [4.78, 5) is 21.3. The molecule has 4 rings (SSSR count). The van der Waals surface area contributed by atoms with Gasteiger partial charge in [-0.1, -0.05) is 36.4 Å². The maximum atomic E-state index is 13.2. The van der Waals surface area contributed by atoms with E-state index in [0.717, 1.165) is 48.3 Å². The first kappa shape index (κ1) is 16.9. The van der Waals surface area contributed by atoms with E-state index in [1.807, 2.05) is 44.2 Å². The Balaban J connectivity index is 1.49. The van der Waals surface area contributed by atoms with Gasteiger partial charge in [-0.3, -0.25) is 9.69 Å². The third-order valence-corrected chi connectivity index (χ3v) is 5.50. The highest BCUT2D eigenvalue weighted by Gasteiger charge is 2.28. The van der Waals surface area contributed by atoms with Gasteiger partial charge < -0.3 is 9.88 Å². The summed E-state index contributed by atoms with van der Waals surface area (Å²) in [6.07, 6.45) is 0. The summed E-state index contributed by atoms with van der Waals surface area (Å²) in [5.74, 6) is 0.216. The van der Waals surface area contributed by atoms with Crippen LogP contribution >= 0.6 is 0 Å². The van der Waals surface area contributed by atoms with Gasteiger partial charge >= 0.3 is 0 Å². The predicted molar refractivity (Wildman–Crippen MR) is 107 cm³/mol. The molecule has 0 amide bonds. The molecule has 0 aliphatic carbocycles. The molecule has 1 aliphatic rings. The number of rotatable bonds is 4. The average molecular weight is 347 g/mol. The lowest BCUT2D eigenvalue weighted by Crippen LogP contribution is -2.51. The number of nitrogens with zero attached hydrogens (tertiary/aromatic N) is 2. The van der Waals surface area contributed by atoms with Crippen molar-refractivity contribution in [2.45, 2.75) is 19.9 Å². The summed E-state index contributed by atoms with van der Waals surface area (Å²) >= 11 is 0. The number of carbonyl (C=O) groups excluding carboxylic acids is 1. The molecule has 1 saturated heterocycles. The monoisotopic (exact) mass is 347 g/mol. The number of aryl methyl sites for hydroxylation is 1. The van der Waals surface area contributed by atoms with Crippen LogP contribution in [0.4, 0.5) is 5.69 Å². The molecule has 4 heteroatoms. The number of ketones is 1. The maximum absolute atomic E-state index is 13.2. The normalized spacial score (nSPS) is 16.8. The number of piperazine rings is 1. The molecule has 0 saturated carbocycles. The number of benzene rings is 2. The van der Waals surface area contributed by atoms with Crippen molar-refractivity contribution in [3.8, 4) is 0 Å². The molecular formula is C22H25N3O. The second-order valence-electron chi connectivity index (χ2n) is 7.07. The number of aromatic amines is 1. The molecule has 1 aliphatic heterocycles. The van der Waals surface area contributed by atoms with Gasteiger partial charge in [-0.2, -0.15) is 0 Å². The van der Waals surface area contributed by atoms with Crippen LogP contribution in [-0.2, 0) is 0 Å². The minimum Gasteiger partial charge on any atom is -0.369 e. The molecule has 134 valence electrons. The first-order valence-electron chi connectivity index (χ1n) is 9.30. The summed E-state index contributed by atoms with van der Waals surface area (Å²) in [6.45, 7) is 7.75. The van der Waals surface area contributed by atoms with Crippen LogP contribution in [0.15, 0.2) is 54.6 Å². The Bertz CT molecular complexity index is 908. The molecule has 0 radical (unpaired) electrons. The fraction of sp³-hybridized carbons (Fsp3) is 0.318. The Kier molecular flexibility index (Phi) is 4.51. The van der Waals surface area contributed by atoms with E-state index in [9.17, 15) is 4.79 Å². The van der Waals surface area contributed by atoms with Crippen LogP contribution in [0.5, 0.6) is 0 Å². The highest BCUT2D eigenvalue weighted by atomic mass is 16.1. The number of nitrogens with one attached hydrogen (secondary N) is 1. The zero-order chi connectivity index (χ0) is 18.1. The Morgan fingerprint density at radius 3 is 2.35 bits per heavy atom. The van der Waals surface area contributed by atoms with E-state index in [0.29, 0.717) is 0 Å². The first-order valence-corrected chi connectivity index (χ1v) is 9.30. The SMILES string of the molecule is Cc1[nH]c2ccccc2c1C(=O)C(C)N1CCN(c2ccccc2)CC1. The number of Topliss-reactive ketones (excluding diaryl/α,β-unsaturated/α-hetero) is 1. The van der Waals surface area contributed by atoms with Crippen LogP contribution in [0.1, 0.15) is 23.0 Å². The second kappa shape index (κ2) is 6.96. The van der Waals surface area contributed by atoms with Crippen LogP contribution < -0.4 is 4.90 Å². The van der Waals surface area contributed by atoms with Crippen molar-refractivity contribution in [3.05, 3.63) is 65.9 Å². The zero-order valence-corrected chi connectivity index (χ0v) is 15.4. The van der Waals surface area contributed by atoms with E-state index in [4.69, 9.17) is 0 Å². The third kappa shape index (κ3) is 3.01. The maximum Gasteiger partial charge on any atom is 0.182 e. The molecule has 1 aromatic heterocycles. The van der Waals surface area contributed by atoms with Crippen molar-refractivity contribution >= 4 is 22.4 Å². The van der Waals surface area contributed by atoms with Crippen molar-refractivity contribution < 1.29 is 4.79 Å².